The Kier molecular flexibility index (Phi) is 5.64. The second-order valence-corrected chi connectivity index (χ2v) is 8.58. The number of carbonyl (C=O) groups is 2. The maximum atomic E-state index is 13.1. The van der Waals surface area contributed by atoms with Crippen molar-refractivity contribution in [2.24, 2.45) is 5.92 Å². The summed E-state index contributed by atoms with van der Waals surface area (Å²) < 4.78 is 1.84. The number of fused-ring (bicyclic) bond motifs is 4. The molecule has 2 aliphatic rings. The van der Waals surface area contributed by atoms with Crippen molar-refractivity contribution in [3.63, 3.8) is 0 Å². The number of likely N-dealkylation sites (tertiary alicyclic amines) is 1. The molecule has 1 aromatic carbocycles. The summed E-state index contributed by atoms with van der Waals surface area (Å²) in [6, 6.07) is 17.6. The molecule has 2 N–H and O–H groups in total. The molecule has 0 aliphatic carbocycles. The highest BCUT2D eigenvalue weighted by Gasteiger charge is 2.36. The Balaban J connectivity index is 1.28. The lowest BCUT2D eigenvalue weighted by Crippen LogP contribution is -2.50. The Labute approximate surface area is 191 Å². The van der Waals surface area contributed by atoms with Crippen LogP contribution in [0.4, 0.5) is 10.5 Å². The highest BCUT2D eigenvalue weighted by Crippen LogP contribution is 2.35. The molecule has 4 heterocycles. The Hall–Kier alpha value is -3.94. The molecule has 3 amide bonds. The van der Waals surface area contributed by atoms with Crippen molar-refractivity contribution >= 4 is 17.6 Å². The van der Waals surface area contributed by atoms with Crippen molar-refractivity contribution in [2.75, 3.05) is 18.4 Å². The number of urea groups is 1. The van der Waals surface area contributed by atoms with E-state index in [1.54, 1.807) is 47.5 Å². The largest absolute Gasteiger partial charge is 0.346 e. The molecule has 1 saturated heterocycles. The minimum atomic E-state index is -0.277. The number of para-hydroxylation sites is 1. The number of piperidine rings is 1. The molecule has 1 fully saturated rings. The van der Waals surface area contributed by atoms with Crippen LogP contribution in [0.3, 0.4) is 0 Å². The van der Waals surface area contributed by atoms with E-state index in [1.165, 1.54) is 0 Å². The zero-order valence-corrected chi connectivity index (χ0v) is 18.1. The average Bonchev–Trinajstić information content (AvgIpc) is 2.84. The van der Waals surface area contributed by atoms with Crippen molar-refractivity contribution in [3.8, 4) is 0 Å². The molecular formula is C25H25N5O3. The lowest BCUT2D eigenvalue weighted by molar-refractivity contribution is 0.0951. The first-order valence-electron chi connectivity index (χ1n) is 11.1. The van der Waals surface area contributed by atoms with Gasteiger partial charge in [-0.05, 0) is 42.7 Å². The van der Waals surface area contributed by atoms with E-state index in [2.05, 4.69) is 15.6 Å². The van der Waals surface area contributed by atoms with Gasteiger partial charge in [-0.1, -0.05) is 24.3 Å². The number of aromatic nitrogens is 2. The van der Waals surface area contributed by atoms with Crippen molar-refractivity contribution in [1.29, 1.82) is 0 Å². The summed E-state index contributed by atoms with van der Waals surface area (Å²) in [7, 11) is 0. The first kappa shape index (κ1) is 20.9. The number of nitrogens with one attached hydrogen (secondary N) is 2. The predicted octanol–water partition coefficient (Wildman–Crippen LogP) is 2.82. The highest BCUT2D eigenvalue weighted by atomic mass is 16.2. The minimum absolute atomic E-state index is 0.0192. The number of carbonyl (C=O) groups excluding carboxylic acids is 2. The smallest absolute Gasteiger partial charge is 0.321 e. The summed E-state index contributed by atoms with van der Waals surface area (Å²) in [6.45, 7) is 2.05. The summed E-state index contributed by atoms with van der Waals surface area (Å²) in [6.07, 6.45) is 2.65. The van der Waals surface area contributed by atoms with Gasteiger partial charge in [-0.25, -0.2) is 4.79 Å². The minimum Gasteiger partial charge on any atom is -0.346 e. The fourth-order valence-electron chi connectivity index (χ4n) is 4.82. The zero-order valence-electron chi connectivity index (χ0n) is 18.1. The molecule has 3 aromatic rings. The summed E-state index contributed by atoms with van der Waals surface area (Å²) in [5, 5.41) is 5.78. The van der Waals surface area contributed by atoms with Gasteiger partial charge in [0, 0.05) is 43.5 Å². The molecule has 2 atom stereocenters. The third-order valence-corrected chi connectivity index (χ3v) is 6.34. The van der Waals surface area contributed by atoms with E-state index in [-0.39, 0.29) is 29.3 Å². The van der Waals surface area contributed by atoms with Crippen LogP contribution in [0.5, 0.6) is 0 Å². The molecule has 33 heavy (non-hydrogen) atoms. The van der Waals surface area contributed by atoms with Gasteiger partial charge in [-0.3, -0.25) is 14.6 Å². The number of anilines is 1. The van der Waals surface area contributed by atoms with Crippen molar-refractivity contribution < 1.29 is 9.59 Å². The van der Waals surface area contributed by atoms with Gasteiger partial charge in [0.1, 0.15) is 0 Å². The molecule has 0 spiro atoms. The van der Waals surface area contributed by atoms with Gasteiger partial charge in [0.25, 0.3) is 11.5 Å². The van der Waals surface area contributed by atoms with E-state index < -0.39 is 0 Å². The van der Waals surface area contributed by atoms with Gasteiger partial charge in [0.15, 0.2) is 0 Å². The molecule has 2 aliphatic heterocycles. The fraction of sp³-hybridized carbons (Fsp3) is 0.280. The number of benzene rings is 1. The topological polar surface area (TPSA) is 96.3 Å². The van der Waals surface area contributed by atoms with Crippen LogP contribution < -0.4 is 16.2 Å². The quantitative estimate of drug-likeness (QED) is 0.648. The van der Waals surface area contributed by atoms with Gasteiger partial charge in [-0.15, -0.1) is 0 Å². The van der Waals surface area contributed by atoms with E-state index >= 15 is 0 Å². The second kappa shape index (κ2) is 8.90. The monoisotopic (exact) mass is 443 g/mol. The Bertz CT molecular complexity index is 1240. The van der Waals surface area contributed by atoms with E-state index in [1.807, 2.05) is 28.8 Å². The fourth-order valence-corrected chi connectivity index (χ4v) is 4.82. The van der Waals surface area contributed by atoms with E-state index in [9.17, 15) is 14.4 Å². The molecule has 8 heteroatoms. The average molecular weight is 444 g/mol. The van der Waals surface area contributed by atoms with Crippen LogP contribution in [0.1, 0.15) is 34.1 Å². The molecule has 2 bridgehead atoms. The Morgan fingerprint density at radius 3 is 2.67 bits per heavy atom. The van der Waals surface area contributed by atoms with Crippen LogP contribution in [0, 0.1) is 5.92 Å². The van der Waals surface area contributed by atoms with Gasteiger partial charge in [0.2, 0.25) is 0 Å². The summed E-state index contributed by atoms with van der Waals surface area (Å²) in [5.41, 5.74) is 2.63. The summed E-state index contributed by atoms with van der Waals surface area (Å²) in [5.74, 6) is 0.0912. The van der Waals surface area contributed by atoms with E-state index in [4.69, 9.17) is 0 Å². The molecular weight excluding hydrogens is 418 g/mol. The Morgan fingerprint density at radius 2 is 1.82 bits per heavy atom. The van der Waals surface area contributed by atoms with Crippen molar-refractivity contribution in [3.05, 3.63) is 94.2 Å². The molecule has 5 rings (SSSR count). The maximum absolute atomic E-state index is 13.1. The molecule has 0 saturated carbocycles. The van der Waals surface area contributed by atoms with Crippen LogP contribution in [0.2, 0.25) is 0 Å². The first-order valence-corrected chi connectivity index (χ1v) is 11.1. The van der Waals surface area contributed by atoms with Crippen LogP contribution in [0.15, 0.2) is 71.7 Å². The van der Waals surface area contributed by atoms with Crippen LogP contribution in [-0.4, -0.2) is 39.5 Å². The van der Waals surface area contributed by atoms with Gasteiger partial charge < -0.3 is 20.1 Å². The first-order chi connectivity index (χ1) is 16.1. The SMILES string of the molecule is O=C(NCc1ccccn1)c1ccccc1NC(=O)N1CC2C[C@H](C1)Cn1c2cccc1=O. The number of rotatable bonds is 4. The third kappa shape index (κ3) is 4.37. The zero-order chi connectivity index (χ0) is 22.8. The molecule has 1 unspecified atom stereocenters. The van der Waals surface area contributed by atoms with Crippen molar-refractivity contribution in [1.82, 2.24) is 19.8 Å². The van der Waals surface area contributed by atoms with Crippen LogP contribution in [0.25, 0.3) is 0 Å². The van der Waals surface area contributed by atoms with E-state index in [0.29, 0.717) is 37.4 Å². The number of pyridine rings is 2. The molecule has 168 valence electrons. The van der Waals surface area contributed by atoms with Crippen LogP contribution >= 0.6 is 0 Å². The highest BCUT2D eigenvalue weighted by molar-refractivity contribution is 6.03. The number of hydrogen-bond acceptors (Lipinski definition) is 4. The van der Waals surface area contributed by atoms with Gasteiger partial charge in [0.05, 0.1) is 23.5 Å². The molecule has 2 aromatic heterocycles. The predicted molar refractivity (Wildman–Crippen MR) is 124 cm³/mol. The lowest BCUT2D eigenvalue weighted by atomic mass is 9.83. The summed E-state index contributed by atoms with van der Waals surface area (Å²) >= 11 is 0. The number of hydrogen-bond donors (Lipinski definition) is 2. The Morgan fingerprint density at radius 1 is 0.970 bits per heavy atom. The lowest BCUT2D eigenvalue weighted by Gasteiger charge is -2.42. The normalized spacial score (nSPS) is 18.8. The summed E-state index contributed by atoms with van der Waals surface area (Å²) in [4.78, 5) is 44.2. The van der Waals surface area contributed by atoms with E-state index in [0.717, 1.165) is 17.8 Å². The second-order valence-electron chi connectivity index (χ2n) is 8.58. The van der Waals surface area contributed by atoms with Crippen LogP contribution in [-0.2, 0) is 13.1 Å². The van der Waals surface area contributed by atoms with Crippen molar-refractivity contribution in [2.45, 2.75) is 25.4 Å². The standard InChI is InChI=1S/C25H25N5O3/c31-23-10-5-9-22-18-12-17(15-30(22)23)14-29(16-18)25(33)28-21-8-2-1-7-20(21)24(32)27-13-19-6-3-4-11-26-19/h1-11,17-18H,12-16H2,(H,27,32)(H,28,33)/t17-,18?/m1/s1. The molecule has 8 nitrogen and oxygen atoms in total. The maximum Gasteiger partial charge on any atom is 0.321 e. The third-order valence-electron chi connectivity index (χ3n) is 6.34. The van der Waals surface area contributed by atoms with Gasteiger partial charge >= 0.3 is 6.03 Å². The number of amides is 3. The number of nitrogens with zero attached hydrogens (tertiary/aromatic N) is 3. The van der Waals surface area contributed by atoms with Gasteiger partial charge in [-0.2, -0.15) is 0 Å². The molecule has 0 radical (unpaired) electrons.